The first-order valence-electron chi connectivity index (χ1n) is 7.23. The molecule has 1 aliphatic heterocycles. The van der Waals surface area contributed by atoms with Gasteiger partial charge in [-0.05, 0) is 37.1 Å². The molecule has 1 amide bonds. The highest BCUT2D eigenvalue weighted by molar-refractivity contribution is 5.91. The number of rotatable bonds is 2. The highest BCUT2D eigenvalue weighted by Gasteiger charge is 2.29. The van der Waals surface area contributed by atoms with Crippen LogP contribution in [-0.4, -0.2) is 21.9 Å². The number of hydrogen-bond donors (Lipinski definition) is 0. The van der Waals surface area contributed by atoms with E-state index < -0.39 is 0 Å². The zero-order chi connectivity index (χ0) is 13.9. The van der Waals surface area contributed by atoms with E-state index in [4.69, 9.17) is 4.42 Å². The zero-order valence-electron chi connectivity index (χ0n) is 11.8. The number of furan rings is 1. The summed E-state index contributed by atoms with van der Waals surface area (Å²) in [4.78, 5) is 14.6. The molecule has 4 nitrogen and oxygen atoms in total. The number of amides is 1. The normalized spacial score (nSPS) is 19.9. The molecule has 3 heterocycles. The molecular weight excluding hydrogens is 252 g/mol. The van der Waals surface area contributed by atoms with E-state index >= 15 is 0 Å². The van der Waals surface area contributed by atoms with Crippen LogP contribution in [-0.2, 0) is 7.05 Å². The minimum absolute atomic E-state index is 0.00287. The van der Waals surface area contributed by atoms with Gasteiger partial charge in [0.25, 0.3) is 5.91 Å². The molecule has 1 unspecified atom stereocenters. The van der Waals surface area contributed by atoms with Crippen LogP contribution >= 0.6 is 0 Å². The molecule has 0 aromatic carbocycles. The van der Waals surface area contributed by atoms with E-state index in [1.54, 1.807) is 18.4 Å². The number of carbonyl (C=O) groups excluding carboxylic acids is 1. The molecule has 0 saturated carbocycles. The molecule has 1 fully saturated rings. The van der Waals surface area contributed by atoms with Crippen molar-refractivity contribution in [2.75, 3.05) is 6.54 Å². The summed E-state index contributed by atoms with van der Waals surface area (Å²) in [6.45, 7) is 0.801. The van der Waals surface area contributed by atoms with Crippen LogP contribution in [0.4, 0.5) is 0 Å². The van der Waals surface area contributed by atoms with Gasteiger partial charge in [-0.2, -0.15) is 0 Å². The third kappa shape index (κ3) is 2.38. The molecule has 0 N–H and O–H groups in total. The first kappa shape index (κ1) is 13.0. The summed E-state index contributed by atoms with van der Waals surface area (Å²) in [5, 5.41) is 0. The monoisotopic (exact) mass is 272 g/mol. The Morgan fingerprint density at radius 1 is 1.25 bits per heavy atom. The predicted octanol–water partition coefficient (Wildman–Crippen LogP) is 3.38. The van der Waals surface area contributed by atoms with Gasteiger partial charge in [-0.15, -0.1) is 0 Å². The van der Waals surface area contributed by atoms with Crippen molar-refractivity contribution in [1.29, 1.82) is 0 Å². The maximum absolute atomic E-state index is 12.7. The van der Waals surface area contributed by atoms with Crippen molar-refractivity contribution in [3.05, 3.63) is 48.2 Å². The van der Waals surface area contributed by atoms with E-state index in [-0.39, 0.29) is 11.9 Å². The zero-order valence-corrected chi connectivity index (χ0v) is 11.8. The molecule has 0 bridgehead atoms. The third-order valence-electron chi connectivity index (χ3n) is 4.07. The van der Waals surface area contributed by atoms with Gasteiger partial charge in [0.05, 0.1) is 12.3 Å². The summed E-state index contributed by atoms with van der Waals surface area (Å²) in [6, 6.07) is 7.81. The Kier molecular flexibility index (Phi) is 3.63. The minimum atomic E-state index is 0.00287. The lowest BCUT2D eigenvalue weighted by molar-refractivity contribution is 0.0642. The van der Waals surface area contributed by atoms with Gasteiger partial charge in [-0.25, -0.2) is 0 Å². The first-order valence-corrected chi connectivity index (χ1v) is 7.23. The van der Waals surface area contributed by atoms with Crippen molar-refractivity contribution in [2.45, 2.75) is 31.7 Å². The second-order valence-corrected chi connectivity index (χ2v) is 5.38. The molecule has 2 aromatic heterocycles. The molecule has 0 radical (unpaired) electrons. The third-order valence-corrected chi connectivity index (χ3v) is 4.07. The summed E-state index contributed by atoms with van der Waals surface area (Å²) in [5.41, 5.74) is 1.20. The van der Waals surface area contributed by atoms with Gasteiger partial charge in [0.1, 0.15) is 0 Å². The van der Waals surface area contributed by atoms with Crippen LogP contribution in [0.3, 0.4) is 0 Å². The molecular formula is C16H20N2O2. The Balaban J connectivity index is 1.92. The maximum Gasteiger partial charge on any atom is 0.290 e. The van der Waals surface area contributed by atoms with Gasteiger partial charge in [0, 0.05) is 25.5 Å². The summed E-state index contributed by atoms with van der Waals surface area (Å²) in [5.74, 6) is 0.439. The summed E-state index contributed by atoms with van der Waals surface area (Å²) in [7, 11) is 2.04. The summed E-state index contributed by atoms with van der Waals surface area (Å²) >= 11 is 0. The van der Waals surface area contributed by atoms with Crippen molar-refractivity contribution in [3.63, 3.8) is 0 Å². The number of hydrogen-bond acceptors (Lipinski definition) is 2. The van der Waals surface area contributed by atoms with Gasteiger partial charge in [-0.1, -0.05) is 12.8 Å². The highest BCUT2D eigenvalue weighted by Crippen LogP contribution is 2.31. The molecule has 1 aliphatic rings. The van der Waals surface area contributed by atoms with E-state index in [2.05, 4.69) is 10.6 Å². The van der Waals surface area contributed by atoms with Gasteiger partial charge >= 0.3 is 0 Å². The second-order valence-electron chi connectivity index (χ2n) is 5.38. The van der Waals surface area contributed by atoms with Gasteiger partial charge in [0.15, 0.2) is 5.76 Å². The topological polar surface area (TPSA) is 38.4 Å². The standard InChI is InChI=1S/C16H20N2O2/c1-17-10-5-8-13(17)14-7-3-2-4-11-18(14)16(19)15-9-6-12-20-15/h5-6,8-10,12,14H,2-4,7,11H2,1H3. The number of nitrogens with zero attached hydrogens (tertiary/aromatic N) is 2. The average molecular weight is 272 g/mol. The van der Waals surface area contributed by atoms with Crippen LogP contribution in [0.1, 0.15) is 48.0 Å². The molecule has 2 aromatic rings. The fraction of sp³-hybridized carbons (Fsp3) is 0.438. The summed E-state index contributed by atoms with van der Waals surface area (Å²) < 4.78 is 7.40. The average Bonchev–Trinajstić information content (AvgIpc) is 3.05. The molecule has 4 heteroatoms. The fourth-order valence-electron chi connectivity index (χ4n) is 3.02. The van der Waals surface area contributed by atoms with Crippen molar-refractivity contribution in [2.24, 2.45) is 7.05 Å². The molecule has 1 saturated heterocycles. The molecule has 106 valence electrons. The van der Waals surface area contributed by atoms with Crippen molar-refractivity contribution in [3.8, 4) is 0 Å². The van der Waals surface area contributed by atoms with Crippen LogP contribution in [0, 0.1) is 0 Å². The van der Waals surface area contributed by atoms with Gasteiger partial charge < -0.3 is 13.9 Å². The van der Waals surface area contributed by atoms with Crippen LogP contribution in [0.25, 0.3) is 0 Å². The lowest BCUT2D eigenvalue weighted by atomic mass is 10.1. The molecule has 3 rings (SSSR count). The summed E-state index contributed by atoms with van der Waals surface area (Å²) in [6.07, 6.45) is 8.02. The van der Waals surface area contributed by atoms with Crippen LogP contribution in [0.2, 0.25) is 0 Å². The Bertz CT molecular complexity index is 571. The Morgan fingerprint density at radius 3 is 2.85 bits per heavy atom. The van der Waals surface area contributed by atoms with Crippen LogP contribution in [0.15, 0.2) is 41.1 Å². The Morgan fingerprint density at radius 2 is 2.15 bits per heavy atom. The number of likely N-dealkylation sites (tertiary alicyclic amines) is 1. The number of aryl methyl sites for hydroxylation is 1. The molecule has 0 aliphatic carbocycles. The fourth-order valence-corrected chi connectivity index (χ4v) is 3.02. The lowest BCUT2D eigenvalue weighted by Crippen LogP contribution is -2.35. The largest absolute Gasteiger partial charge is 0.459 e. The SMILES string of the molecule is Cn1cccc1C1CCCCCN1C(=O)c1ccco1. The van der Waals surface area contributed by atoms with E-state index in [1.807, 2.05) is 24.2 Å². The van der Waals surface area contributed by atoms with Crippen LogP contribution < -0.4 is 0 Å². The van der Waals surface area contributed by atoms with Gasteiger partial charge in [-0.3, -0.25) is 4.79 Å². The molecule has 0 spiro atoms. The van der Waals surface area contributed by atoms with Crippen molar-refractivity contribution in [1.82, 2.24) is 9.47 Å². The molecule has 20 heavy (non-hydrogen) atoms. The van der Waals surface area contributed by atoms with Crippen LogP contribution in [0.5, 0.6) is 0 Å². The minimum Gasteiger partial charge on any atom is -0.459 e. The first-order chi connectivity index (χ1) is 9.77. The van der Waals surface area contributed by atoms with E-state index in [9.17, 15) is 4.79 Å². The van der Waals surface area contributed by atoms with Gasteiger partial charge in [0.2, 0.25) is 0 Å². The lowest BCUT2D eigenvalue weighted by Gasteiger charge is -2.30. The smallest absolute Gasteiger partial charge is 0.290 e. The van der Waals surface area contributed by atoms with E-state index in [0.717, 1.165) is 25.8 Å². The Labute approximate surface area is 119 Å². The highest BCUT2D eigenvalue weighted by atomic mass is 16.3. The number of carbonyl (C=O) groups is 1. The van der Waals surface area contributed by atoms with E-state index in [0.29, 0.717) is 5.76 Å². The second kappa shape index (κ2) is 5.57. The predicted molar refractivity (Wildman–Crippen MR) is 76.4 cm³/mol. The number of aromatic nitrogens is 1. The van der Waals surface area contributed by atoms with E-state index in [1.165, 1.54) is 12.1 Å². The van der Waals surface area contributed by atoms with Crippen molar-refractivity contribution < 1.29 is 9.21 Å². The Hall–Kier alpha value is -1.97. The quantitative estimate of drug-likeness (QED) is 0.840. The molecule has 1 atom stereocenters. The maximum atomic E-state index is 12.7. The van der Waals surface area contributed by atoms with Crippen molar-refractivity contribution >= 4 is 5.91 Å².